The van der Waals surface area contributed by atoms with Crippen molar-refractivity contribution in [2.75, 3.05) is 5.73 Å². The van der Waals surface area contributed by atoms with E-state index in [1.807, 2.05) is 6.92 Å². The summed E-state index contributed by atoms with van der Waals surface area (Å²) in [4.78, 5) is 14.9. The second-order valence-electron chi connectivity index (χ2n) is 3.13. The molecule has 0 unspecified atom stereocenters. The van der Waals surface area contributed by atoms with Crippen LogP contribution >= 0.6 is 0 Å². The number of aromatic nitrogens is 3. The van der Waals surface area contributed by atoms with Crippen LogP contribution in [0.3, 0.4) is 0 Å². The van der Waals surface area contributed by atoms with E-state index in [0.29, 0.717) is 11.5 Å². The molecule has 0 fully saturated rings. The number of carbonyl (C=O) groups is 1. The van der Waals surface area contributed by atoms with Crippen molar-refractivity contribution < 1.29 is 9.90 Å². The van der Waals surface area contributed by atoms with Gasteiger partial charge in [-0.2, -0.15) is 9.61 Å². The third-order valence-electron chi connectivity index (χ3n) is 2.09. The number of carboxylic acid groups (broad SMARTS) is 1. The van der Waals surface area contributed by atoms with E-state index in [0.717, 1.165) is 12.1 Å². The monoisotopic (exact) mass is 206 g/mol. The van der Waals surface area contributed by atoms with Gasteiger partial charge in [0, 0.05) is 17.8 Å². The van der Waals surface area contributed by atoms with Crippen molar-refractivity contribution in [2.24, 2.45) is 0 Å². The average molecular weight is 206 g/mol. The largest absolute Gasteiger partial charge is 0.476 e. The molecule has 0 amide bonds. The van der Waals surface area contributed by atoms with Crippen LogP contribution in [0, 0.1) is 0 Å². The fourth-order valence-corrected chi connectivity index (χ4v) is 1.34. The Labute approximate surface area is 85.3 Å². The molecule has 6 heteroatoms. The van der Waals surface area contributed by atoms with Gasteiger partial charge in [0.05, 0.1) is 0 Å². The van der Waals surface area contributed by atoms with Crippen LogP contribution in [-0.2, 0) is 6.42 Å². The molecule has 3 N–H and O–H groups in total. The van der Waals surface area contributed by atoms with Gasteiger partial charge in [0.2, 0.25) is 0 Å². The van der Waals surface area contributed by atoms with Crippen LogP contribution in [0.4, 0.5) is 5.82 Å². The maximum Gasteiger partial charge on any atom is 0.356 e. The molecule has 0 saturated carbocycles. The van der Waals surface area contributed by atoms with E-state index < -0.39 is 5.97 Å². The second kappa shape index (κ2) is 3.23. The molecule has 2 rings (SSSR count). The number of carboxylic acids is 1. The molecule has 0 aliphatic carbocycles. The minimum atomic E-state index is -1.09. The lowest BCUT2D eigenvalue weighted by Gasteiger charge is -2.00. The van der Waals surface area contributed by atoms with Crippen molar-refractivity contribution in [1.29, 1.82) is 0 Å². The van der Waals surface area contributed by atoms with Crippen molar-refractivity contribution >= 4 is 17.4 Å². The molecule has 6 nitrogen and oxygen atoms in total. The van der Waals surface area contributed by atoms with Crippen molar-refractivity contribution in [1.82, 2.24) is 14.6 Å². The first kappa shape index (κ1) is 9.45. The summed E-state index contributed by atoms with van der Waals surface area (Å²) in [6.45, 7) is 1.95. The van der Waals surface area contributed by atoms with Gasteiger partial charge >= 0.3 is 5.97 Å². The van der Waals surface area contributed by atoms with E-state index in [9.17, 15) is 4.79 Å². The van der Waals surface area contributed by atoms with Crippen LogP contribution in [0.25, 0.3) is 5.65 Å². The highest BCUT2D eigenvalue weighted by atomic mass is 16.4. The number of fused-ring (bicyclic) bond motifs is 1. The highest BCUT2D eigenvalue weighted by Gasteiger charge is 2.11. The summed E-state index contributed by atoms with van der Waals surface area (Å²) >= 11 is 0. The maximum absolute atomic E-state index is 10.7. The number of anilines is 1. The van der Waals surface area contributed by atoms with Crippen LogP contribution < -0.4 is 5.73 Å². The second-order valence-corrected chi connectivity index (χ2v) is 3.13. The zero-order valence-electron chi connectivity index (χ0n) is 8.14. The molecular formula is C9H10N4O2. The van der Waals surface area contributed by atoms with Crippen molar-refractivity contribution in [3.05, 3.63) is 23.5 Å². The summed E-state index contributed by atoms with van der Waals surface area (Å²) in [5.41, 5.74) is 6.94. The molecule has 0 bridgehead atoms. The Morgan fingerprint density at radius 3 is 2.93 bits per heavy atom. The molecule has 78 valence electrons. The van der Waals surface area contributed by atoms with Crippen LogP contribution in [0.15, 0.2) is 12.1 Å². The number of nitrogens with zero attached hydrogens (tertiary/aromatic N) is 3. The number of hydrogen-bond acceptors (Lipinski definition) is 4. The van der Waals surface area contributed by atoms with E-state index >= 15 is 0 Å². The van der Waals surface area contributed by atoms with Crippen molar-refractivity contribution in [3.63, 3.8) is 0 Å². The molecule has 2 heterocycles. The summed E-state index contributed by atoms with van der Waals surface area (Å²) < 4.78 is 1.32. The Bertz CT molecular complexity index is 532. The highest BCUT2D eigenvalue weighted by Crippen LogP contribution is 2.11. The van der Waals surface area contributed by atoms with E-state index in [4.69, 9.17) is 10.8 Å². The number of hydrogen-bond donors (Lipinski definition) is 2. The Balaban J connectivity index is 2.69. The van der Waals surface area contributed by atoms with Crippen LogP contribution in [0.2, 0.25) is 0 Å². The summed E-state index contributed by atoms with van der Waals surface area (Å²) in [5, 5.41) is 12.6. The standard InChI is InChI=1S/C9H10N4O2/c1-2-5-3-7(10)13-8(11-5)4-6(12-13)9(14)15/h3-4H,2,10H2,1H3,(H,14,15). The van der Waals surface area contributed by atoms with Gasteiger partial charge in [0.15, 0.2) is 11.3 Å². The SMILES string of the molecule is CCc1cc(N)n2nc(C(=O)O)cc2n1. The minimum absolute atomic E-state index is 0.0533. The predicted molar refractivity (Wildman–Crippen MR) is 53.7 cm³/mol. The highest BCUT2D eigenvalue weighted by molar-refractivity contribution is 5.86. The Kier molecular flexibility index (Phi) is 2.03. The number of rotatable bonds is 2. The molecule has 0 aliphatic rings. The zero-order valence-corrected chi connectivity index (χ0v) is 8.14. The fourth-order valence-electron chi connectivity index (χ4n) is 1.34. The van der Waals surface area contributed by atoms with Gasteiger partial charge in [-0.1, -0.05) is 6.92 Å². The van der Waals surface area contributed by atoms with Gasteiger partial charge in [0.1, 0.15) is 5.82 Å². The molecule has 0 aromatic carbocycles. The van der Waals surface area contributed by atoms with Crippen molar-refractivity contribution in [3.8, 4) is 0 Å². The van der Waals surface area contributed by atoms with E-state index in [2.05, 4.69) is 10.1 Å². The lowest BCUT2D eigenvalue weighted by Crippen LogP contribution is -2.03. The molecule has 0 spiro atoms. The van der Waals surface area contributed by atoms with Gasteiger partial charge in [0.25, 0.3) is 0 Å². The van der Waals surface area contributed by atoms with Gasteiger partial charge in [-0.25, -0.2) is 9.78 Å². The van der Waals surface area contributed by atoms with Gasteiger partial charge in [-0.15, -0.1) is 0 Å². The summed E-state index contributed by atoms with van der Waals surface area (Å²) in [6.07, 6.45) is 0.744. The van der Waals surface area contributed by atoms with Gasteiger partial charge in [-0.05, 0) is 6.42 Å². The minimum Gasteiger partial charge on any atom is -0.476 e. The topological polar surface area (TPSA) is 93.5 Å². The van der Waals surface area contributed by atoms with Crippen LogP contribution in [0.5, 0.6) is 0 Å². The molecule has 15 heavy (non-hydrogen) atoms. The van der Waals surface area contributed by atoms with Crippen molar-refractivity contribution in [2.45, 2.75) is 13.3 Å². The number of aryl methyl sites for hydroxylation is 1. The average Bonchev–Trinajstić information content (AvgIpc) is 2.61. The number of nitrogen functional groups attached to an aromatic ring is 1. The molecule has 2 aromatic heterocycles. The lowest BCUT2D eigenvalue weighted by molar-refractivity contribution is 0.0690. The third-order valence-corrected chi connectivity index (χ3v) is 2.09. The van der Waals surface area contributed by atoms with E-state index in [1.165, 1.54) is 10.6 Å². The zero-order chi connectivity index (χ0) is 11.0. The summed E-state index contributed by atoms with van der Waals surface area (Å²) in [7, 11) is 0. The molecule has 2 aromatic rings. The lowest BCUT2D eigenvalue weighted by atomic mass is 10.3. The quantitative estimate of drug-likeness (QED) is 0.749. The summed E-state index contributed by atoms with van der Waals surface area (Å²) in [6, 6.07) is 3.09. The third kappa shape index (κ3) is 1.50. The first-order valence-electron chi connectivity index (χ1n) is 4.50. The molecule has 0 atom stereocenters. The van der Waals surface area contributed by atoms with E-state index in [1.54, 1.807) is 6.07 Å². The molecular weight excluding hydrogens is 196 g/mol. The molecule has 0 saturated heterocycles. The number of aromatic carboxylic acids is 1. The Hall–Kier alpha value is -2.11. The molecule has 0 aliphatic heterocycles. The smallest absolute Gasteiger partial charge is 0.356 e. The Morgan fingerprint density at radius 1 is 1.60 bits per heavy atom. The molecule has 0 radical (unpaired) electrons. The van der Waals surface area contributed by atoms with Gasteiger partial charge < -0.3 is 10.8 Å². The van der Waals surface area contributed by atoms with Crippen LogP contribution in [0.1, 0.15) is 23.1 Å². The number of nitrogens with two attached hydrogens (primary N) is 1. The van der Waals surface area contributed by atoms with Crippen LogP contribution in [-0.4, -0.2) is 25.7 Å². The maximum atomic E-state index is 10.7. The predicted octanol–water partition coefficient (Wildman–Crippen LogP) is 0.572. The first-order valence-corrected chi connectivity index (χ1v) is 4.50. The first-order chi connectivity index (χ1) is 7.11. The van der Waals surface area contributed by atoms with Gasteiger partial charge in [-0.3, -0.25) is 0 Å². The van der Waals surface area contributed by atoms with E-state index in [-0.39, 0.29) is 5.69 Å². The summed E-state index contributed by atoms with van der Waals surface area (Å²) in [5.74, 6) is -0.692. The fraction of sp³-hybridized carbons (Fsp3) is 0.222. The normalized spacial score (nSPS) is 10.7. The Morgan fingerprint density at radius 2 is 2.33 bits per heavy atom.